The second kappa shape index (κ2) is 11.0. The molecule has 2 rings (SSSR count). The lowest BCUT2D eigenvalue weighted by atomic mass is 9.71. The van der Waals surface area contributed by atoms with Crippen LogP contribution in [0.15, 0.2) is 34.9 Å². The lowest BCUT2D eigenvalue weighted by molar-refractivity contribution is -0.142. The summed E-state index contributed by atoms with van der Waals surface area (Å²) in [7, 11) is -0.525. The number of rotatable bonds is 7. The molecule has 7 nitrogen and oxygen atoms in total. The van der Waals surface area contributed by atoms with Gasteiger partial charge >= 0.3 is 5.97 Å². The standard InChI is InChI=1S/C18H25O7P.C3H8.H2/c1-6-11-10(2)14(20)13(9-18(11,3)4)25-26(23-5)16-12(7-8-19)24-17(22)15(16)21;1-3-2;/h6,12-13,19,21H,1,7-9H2,2-5H3;3H2,1-2H3;1H. The van der Waals surface area contributed by atoms with Gasteiger partial charge in [0.15, 0.2) is 5.78 Å². The van der Waals surface area contributed by atoms with Gasteiger partial charge in [-0.3, -0.25) is 4.79 Å². The smallest absolute Gasteiger partial charge is 0.374 e. The van der Waals surface area contributed by atoms with Crippen LogP contribution < -0.4 is 0 Å². The molecule has 0 radical (unpaired) electrons. The lowest BCUT2D eigenvalue weighted by Crippen LogP contribution is -2.37. The zero-order chi connectivity index (χ0) is 22.4. The molecule has 1 aliphatic carbocycles. The van der Waals surface area contributed by atoms with E-state index in [4.69, 9.17) is 18.9 Å². The Balaban J connectivity index is 0.00000198. The summed E-state index contributed by atoms with van der Waals surface area (Å²) in [5.41, 5.74) is 1.14. The van der Waals surface area contributed by atoms with Gasteiger partial charge < -0.3 is 24.0 Å². The van der Waals surface area contributed by atoms with Crippen molar-refractivity contribution in [2.45, 2.75) is 66.1 Å². The lowest BCUT2D eigenvalue weighted by Gasteiger charge is -2.37. The third kappa shape index (κ3) is 5.76. The van der Waals surface area contributed by atoms with Crippen LogP contribution in [0.4, 0.5) is 0 Å². The minimum absolute atomic E-state index is 0. The molecular weight excluding hydrogens is 395 g/mol. The summed E-state index contributed by atoms with van der Waals surface area (Å²) in [5.74, 6) is -1.63. The number of aliphatic hydroxyl groups is 2. The molecule has 0 saturated heterocycles. The number of aliphatic hydroxyl groups excluding tert-OH is 2. The molecular formula is C21H35O7P. The first-order valence-corrected chi connectivity index (χ1v) is 10.9. The third-order valence-corrected chi connectivity index (χ3v) is 6.33. The summed E-state index contributed by atoms with van der Waals surface area (Å²) in [4.78, 5) is 24.4. The highest BCUT2D eigenvalue weighted by Gasteiger charge is 2.44. The fourth-order valence-electron chi connectivity index (χ4n) is 3.39. The van der Waals surface area contributed by atoms with Gasteiger partial charge in [-0.05, 0) is 29.9 Å². The summed E-state index contributed by atoms with van der Waals surface area (Å²) in [5, 5.41) is 19.4. The summed E-state index contributed by atoms with van der Waals surface area (Å²) in [6.07, 6.45) is 1.87. The van der Waals surface area contributed by atoms with Crippen molar-refractivity contribution in [3.8, 4) is 0 Å². The molecule has 0 aromatic rings. The average Bonchev–Trinajstić information content (AvgIpc) is 2.92. The molecule has 0 aromatic heterocycles. The minimum Gasteiger partial charge on any atom is -0.501 e. The zero-order valence-electron chi connectivity index (χ0n) is 18.2. The number of ketones is 1. The highest BCUT2D eigenvalue weighted by atomic mass is 31.2. The first-order valence-electron chi connectivity index (χ1n) is 9.73. The van der Waals surface area contributed by atoms with Gasteiger partial charge in [0, 0.05) is 21.6 Å². The Morgan fingerprint density at radius 1 is 1.38 bits per heavy atom. The Morgan fingerprint density at radius 2 is 1.97 bits per heavy atom. The van der Waals surface area contributed by atoms with E-state index in [0.29, 0.717) is 12.0 Å². The van der Waals surface area contributed by atoms with Gasteiger partial charge in [0.2, 0.25) is 14.1 Å². The van der Waals surface area contributed by atoms with Gasteiger partial charge in [-0.2, -0.15) is 0 Å². The quantitative estimate of drug-likeness (QED) is 0.450. The van der Waals surface area contributed by atoms with E-state index in [1.54, 1.807) is 13.0 Å². The highest BCUT2D eigenvalue weighted by Crippen LogP contribution is 2.55. The van der Waals surface area contributed by atoms with Crippen molar-refractivity contribution < 1.29 is 35.0 Å². The van der Waals surface area contributed by atoms with E-state index in [9.17, 15) is 14.7 Å². The number of cyclic esters (lactones) is 1. The topological polar surface area (TPSA) is 102 Å². The summed E-state index contributed by atoms with van der Waals surface area (Å²) >= 11 is 0. The normalized spacial score (nSPS) is 24.8. The van der Waals surface area contributed by atoms with E-state index in [1.165, 1.54) is 13.5 Å². The van der Waals surface area contributed by atoms with Crippen LogP contribution >= 0.6 is 8.38 Å². The molecule has 8 heteroatoms. The number of carbonyl (C=O) groups excluding carboxylic acids is 2. The first-order chi connectivity index (χ1) is 13.6. The zero-order valence-corrected chi connectivity index (χ0v) is 19.0. The van der Waals surface area contributed by atoms with Gasteiger partial charge in [-0.25, -0.2) is 4.79 Å². The first kappa shape index (κ1) is 25.5. The van der Waals surface area contributed by atoms with Crippen LogP contribution in [-0.2, 0) is 23.4 Å². The Kier molecular flexibility index (Phi) is 9.69. The largest absolute Gasteiger partial charge is 0.501 e. The van der Waals surface area contributed by atoms with Gasteiger partial charge in [-0.15, -0.1) is 0 Å². The van der Waals surface area contributed by atoms with E-state index in [-0.39, 0.29) is 31.0 Å². The molecule has 0 fully saturated rings. The fourth-order valence-corrected chi connectivity index (χ4v) is 4.87. The van der Waals surface area contributed by atoms with Gasteiger partial charge in [-0.1, -0.05) is 46.8 Å². The van der Waals surface area contributed by atoms with Crippen LogP contribution in [0.5, 0.6) is 0 Å². The fraction of sp³-hybridized carbons (Fsp3) is 0.619. The Labute approximate surface area is 175 Å². The SMILES string of the molecule is C=CC1=C(C)C(=O)C(OP(OC)C2=C(O)C(=O)OC2CCO)CC1(C)C.CCC.[HH]. The van der Waals surface area contributed by atoms with Crippen LogP contribution in [0.3, 0.4) is 0 Å². The van der Waals surface area contributed by atoms with Crippen molar-refractivity contribution in [3.05, 3.63) is 34.9 Å². The molecule has 0 bridgehead atoms. The molecule has 0 saturated carbocycles. The molecule has 2 N–H and O–H groups in total. The number of ether oxygens (including phenoxy) is 1. The number of esters is 1. The van der Waals surface area contributed by atoms with Crippen LogP contribution in [-0.4, -0.2) is 47.9 Å². The second-order valence-electron chi connectivity index (χ2n) is 7.58. The third-order valence-electron chi connectivity index (χ3n) is 4.66. The number of carbonyl (C=O) groups is 2. The van der Waals surface area contributed by atoms with Crippen LogP contribution in [0.25, 0.3) is 0 Å². The van der Waals surface area contributed by atoms with Gasteiger partial charge in [0.1, 0.15) is 12.2 Å². The van der Waals surface area contributed by atoms with E-state index in [0.717, 1.165) is 5.57 Å². The average molecular weight is 430 g/mol. The van der Waals surface area contributed by atoms with E-state index in [1.807, 2.05) is 13.8 Å². The van der Waals surface area contributed by atoms with E-state index in [2.05, 4.69) is 20.4 Å². The van der Waals surface area contributed by atoms with E-state index < -0.39 is 32.3 Å². The molecule has 0 aromatic carbocycles. The van der Waals surface area contributed by atoms with Crippen molar-refractivity contribution >= 4 is 20.1 Å². The maximum Gasteiger partial charge on any atom is 0.374 e. The molecule has 3 unspecified atom stereocenters. The second-order valence-corrected chi connectivity index (χ2v) is 9.15. The van der Waals surface area contributed by atoms with Crippen molar-refractivity contribution in [2.75, 3.05) is 13.7 Å². The van der Waals surface area contributed by atoms with Crippen LogP contribution in [0, 0.1) is 5.41 Å². The molecule has 2 aliphatic rings. The molecule has 3 atom stereocenters. The molecule has 0 amide bonds. The highest BCUT2D eigenvalue weighted by molar-refractivity contribution is 7.52. The maximum absolute atomic E-state index is 12.7. The number of Topliss-reactive ketones (excluding diaryl/α,β-unsaturated/α-hetero) is 1. The molecule has 1 aliphatic heterocycles. The van der Waals surface area contributed by atoms with Crippen molar-refractivity contribution in [3.63, 3.8) is 0 Å². The van der Waals surface area contributed by atoms with Crippen molar-refractivity contribution in [2.24, 2.45) is 5.41 Å². The number of hydrogen-bond acceptors (Lipinski definition) is 7. The number of allylic oxidation sites excluding steroid dienone is 2. The predicted molar refractivity (Wildman–Crippen MR) is 114 cm³/mol. The van der Waals surface area contributed by atoms with E-state index >= 15 is 0 Å². The van der Waals surface area contributed by atoms with Crippen molar-refractivity contribution in [1.82, 2.24) is 0 Å². The van der Waals surface area contributed by atoms with Crippen molar-refractivity contribution in [1.29, 1.82) is 0 Å². The summed E-state index contributed by atoms with van der Waals surface area (Å²) in [6.45, 7) is 13.5. The summed E-state index contributed by atoms with van der Waals surface area (Å²) < 4.78 is 16.3. The summed E-state index contributed by atoms with van der Waals surface area (Å²) in [6, 6.07) is 0. The monoisotopic (exact) mass is 430 g/mol. The van der Waals surface area contributed by atoms with Crippen LogP contribution in [0.1, 0.15) is 55.3 Å². The molecule has 166 valence electrons. The minimum atomic E-state index is -1.90. The molecule has 29 heavy (non-hydrogen) atoms. The molecule has 0 spiro atoms. The maximum atomic E-state index is 12.7. The number of hydrogen-bond donors (Lipinski definition) is 2. The van der Waals surface area contributed by atoms with Gasteiger partial charge in [0.25, 0.3) is 0 Å². The van der Waals surface area contributed by atoms with Gasteiger partial charge in [0.05, 0.1) is 5.31 Å². The van der Waals surface area contributed by atoms with Crippen LogP contribution in [0.2, 0.25) is 0 Å². The Bertz CT molecular complexity index is 699. The molecule has 1 heterocycles. The Hall–Kier alpha value is -1.53. The predicted octanol–water partition coefficient (Wildman–Crippen LogP) is 4.57. The Morgan fingerprint density at radius 3 is 2.45 bits per heavy atom.